The van der Waals surface area contributed by atoms with Crippen LogP contribution in [-0.2, 0) is 14.9 Å². The number of hydrogen-bond acceptors (Lipinski definition) is 5. The zero-order valence-electron chi connectivity index (χ0n) is 13.0. The quantitative estimate of drug-likeness (QED) is 0.800. The van der Waals surface area contributed by atoms with Gasteiger partial charge in [0.2, 0.25) is 0 Å². The number of hydrogen-bond donors (Lipinski definition) is 0. The predicted octanol–water partition coefficient (Wildman–Crippen LogP) is 3.22. The van der Waals surface area contributed by atoms with Crippen LogP contribution < -0.4 is 4.90 Å². The van der Waals surface area contributed by atoms with Gasteiger partial charge in [-0.1, -0.05) is 13.8 Å². The van der Waals surface area contributed by atoms with Crippen LogP contribution >= 0.6 is 11.3 Å². The molecular weight excluding hydrogens is 272 g/mol. The summed E-state index contributed by atoms with van der Waals surface area (Å²) in [4.78, 5) is 19.0. The Labute approximate surface area is 125 Å². The van der Waals surface area contributed by atoms with Crippen molar-refractivity contribution in [1.29, 1.82) is 0 Å². The predicted molar refractivity (Wildman–Crippen MR) is 82.4 cm³/mol. The molecule has 0 atom stereocenters. The molecule has 0 N–H and O–H groups in total. The van der Waals surface area contributed by atoms with Crippen molar-refractivity contribution in [2.75, 3.05) is 24.6 Å². The Balaban J connectivity index is 2.15. The van der Waals surface area contributed by atoms with Gasteiger partial charge >= 0.3 is 5.97 Å². The van der Waals surface area contributed by atoms with Gasteiger partial charge in [-0.05, 0) is 32.6 Å². The highest BCUT2D eigenvalue weighted by Gasteiger charge is 2.36. The first-order valence-electron chi connectivity index (χ1n) is 7.14. The summed E-state index contributed by atoms with van der Waals surface area (Å²) in [7, 11) is 0. The lowest BCUT2D eigenvalue weighted by atomic mass is 9.90. The van der Waals surface area contributed by atoms with Crippen molar-refractivity contribution in [3.8, 4) is 0 Å². The third kappa shape index (κ3) is 2.97. The van der Waals surface area contributed by atoms with Crippen molar-refractivity contribution < 1.29 is 9.53 Å². The number of anilines is 1. The fourth-order valence-electron chi connectivity index (χ4n) is 2.39. The van der Waals surface area contributed by atoms with Gasteiger partial charge in [0.05, 0.1) is 12.3 Å². The maximum Gasteiger partial charge on any atom is 0.317 e. The molecule has 1 fully saturated rings. The number of nitrogens with zero attached hydrogens (tertiary/aromatic N) is 2. The Morgan fingerprint density at radius 1 is 1.55 bits per heavy atom. The number of esters is 1. The summed E-state index contributed by atoms with van der Waals surface area (Å²) in [6.07, 6.45) is 1.18. The van der Waals surface area contributed by atoms with Gasteiger partial charge in [0.1, 0.15) is 5.41 Å². The fourth-order valence-corrected chi connectivity index (χ4v) is 3.41. The van der Waals surface area contributed by atoms with E-state index in [1.807, 2.05) is 26.2 Å². The molecule has 0 aliphatic carbocycles. The molecule has 0 aromatic carbocycles. The number of carbonyl (C=O) groups excluding carboxylic acids is 1. The zero-order valence-corrected chi connectivity index (χ0v) is 13.8. The fraction of sp³-hybridized carbons (Fsp3) is 0.733. The Morgan fingerprint density at radius 3 is 2.80 bits per heavy atom. The highest BCUT2D eigenvalue weighted by atomic mass is 32.1. The van der Waals surface area contributed by atoms with E-state index in [4.69, 9.17) is 4.74 Å². The average Bonchev–Trinajstić information content (AvgIpc) is 2.95. The third-order valence-electron chi connectivity index (χ3n) is 3.87. The summed E-state index contributed by atoms with van der Waals surface area (Å²) in [5.74, 6) is -0.210. The Kier molecular flexibility index (Phi) is 4.09. The molecule has 0 amide bonds. The maximum absolute atomic E-state index is 12.0. The van der Waals surface area contributed by atoms with Crippen LogP contribution in [-0.4, -0.2) is 30.6 Å². The van der Waals surface area contributed by atoms with Crippen LogP contribution in [0.5, 0.6) is 0 Å². The molecule has 0 saturated carbocycles. The second-order valence-electron chi connectivity index (χ2n) is 6.70. The van der Waals surface area contributed by atoms with Crippen LogP contribution in [0.25, 0.3) is 0 Å². The molecule has 0 spiro atoms. The van der Waals surface area contributed by atoms with Crippen molar-refractivity contribution in [2.45, 2.75) is 46.5 Å². The first kappa shape index (κ1) is 15.3. The van der Waals surface area contributed by atoms with Crippen molar-refractivity contribution >= 4 is 22.4 Å². The summed E-state index contributed by atoms with van der Waals surface area (Å²) in [5.41, 5.74) is 0.475. The number of ether oxygens (including phenoxy) is 1. The second kappa shape index (κ2) is 5.35. The first-order valence-corrected chi connectivity index (χ1v) is 8.02. The van der Waals surface area contributed by atoms with Crippen LogP contribution in [0.1, 0.15) is 46.7 Å². The lowest BCUT2D eigenvalue weighted by Crippen LogP contribution is -2.31. The number of aromatic nitrogens is 1. The monoisotopic (exact) mass is 296 g/mol. The van der Waals surface area contributed by atoms with Gasteiger partial charge < -0.3 is 9.64 Å². The number of rotatable bonds is 4. The number of carbonyl (C=O) groups is 1. The number of thiazole rings is 1. The van der Waals surface area contributed by atoms with E-state index in [0.29, 0.717) is 12.0 Å². The summed E-state index contributed by atoms with van der Waals surface area (Å²) >= 11 is 1.62. The van der Waals surface area contributed by atoms with Crippen molar-refractivity contribution in [2.24, 2.45) is 5.41 Å². The van der Waals surface area contributed by atoms with Crippen LogP contribution in [0.2, 0.25) is 0 Å². The highest BCUT2D eigenvalue weighted by molar-refractivity contribution is 7.13. The second-order valence-corrected chi connectivity index (χ2v) is 7.53. The molecule has 112 valence electrons. The van der Waals surface area contributed by atoms with Gasteiger partial charge in [-0.2, -0.15) is 0 Å². The molecule has 0 unspecified atom stereocenters. The molecule has 4 nitrogen and oxygen atoms in total. The molecule has 20 heavy (non-hydrogen) atoms. The molecule has 1 aliphatic rings. The summed E-state index contributed by atoms with van der Waals surface area (Å²) < 4.78 is 5.14. The summed E-state index contributed by atoms with van der Waals surface area (Å²) in [6, 6.07) is 0. The molecule has 1 aliphatic heterocycles. The molecule has 2 rings (SSSR count). The summed E-state index contributed by atoms with van der Waals surface area (Å²) in [5, 5.41) is 3.00. The van der Waals surface area contributed by atoms with E-state index in [-0.39, 0.29) is 5.97 Å². The van der Waals surface area contributed by atoms with Crippen LogP contribution in [0, 0.1) is 5.41 Å². The molecule has 5 heteroatoms. The minimum Gasteiger partial charge on any atom is -0.465 e. The van der Waals surface area contributed by atoms with E-state index in [2.05, 4.69) is 23.7 Å². The summed E-state index contributed by atoms with van der Waals surface area (Å²) in [6.45, 7) is 12.6. The van der Waals surface area contributed by atoms with E-state index in [1.54, 1.807) is 11.3 Å². The molecule has 0 bridgehead atoms. The normalized spacial score (nSPS) is 18.4. The van der Waals surface area contributed by atoms with Crippen molar-refractivity contribution in [3.63, 3.8) is 0 Å². The van der Waals surface area contributed by atoms with Gasteiger partial charge in [-0.15, -0.1) is 11.3 Å². The lowest BCUT2D eigenvalue weighted by Gasteiger charge is -2.21. The van der Waals surface area contributed by atoms with E-state index in [9.17, 15) is 4.79 Å². The Hall–Kier alpha value is -1.10. The molecule has 1 saturated heterocycles. The minimum atomic E-state index is -0.681. The standard InChI is InChI=1S/C15H24N2O2S/c1-6-19-12(18)15(4,5)11-9-20-13(16-11)17-8-7-14(2,3)10-17/h9H,6-8,10H2,1-5H3. The Morgan fingerprint density at radius 2 is 2.25 bits per heavy atom. The van der Waals surface area contributed by atoms with Gasteiger partial charge in [-0.25, -0.2) is 4.98 Å². The molecular formula is C15H24N2O2S. The van der Waals surface area contributed by atoms with Gasteiger partial charge in [-0.3, -0.25) is 4.79 Å². The van der Waals surface area contributed by atoms with Crippen molar-refractivity contribution in [3.05, 3.63) is 11.1 Å². The first-order chi connectivity index (χ1) is 9.26. The largest absolute Gasteiger partial charge is 0.465 e. The maximum atomic E-state index is 12.0. The average molecular weight is 296 g/mol. The smallest absolute Gasteiger partial charge is 0.317 e. The minimum absolute atomic E-state index is 0.210. The van der Waals surface area contributed by atoms with E-state index < -0.39 is 5.41 Å². The molecule has 0 radical (unpaired) electrons. The van der Waals surface area contributed by atoms with Crippen LogP contribution in [0.15, 0.2) is 5.38 Å². The lowest BCUT2D eigenvalue weighted by molar-refractivity contribution is -0.148. The van der Waals surface area contributed by atoms with Crippen LogP contribution in [0.4, 0.5) is 5.13 Å². The SMILES string of the molecule is CCOC(=O)C(C)(C)c1csc(N2CCC(C)(C)C2)n1. The highest BCUT2D eigenvalue weighted by Crippen LogP contribution is 2.36. The van der Waals surface area contributed by atoms with Gasteiger partial charge in [0.25, 0.3) is 0 Å². The Bertz CT molecular complexity index is 494. The zero-order chi connectivity index (χ0) is 15.0. The van der Waals surface area contributed by atoms with Gasteiger partial charge in [0, 0.05) is 18.5 Å². The molecule has 1 aromatic rings. The van der Waals surface area contributed by atoms with Gasteiger partial charge in [0.15, 0.2) is 5.13 Å². The van der Waals surface area contributed by atoms with Crippen LogP contribution in [0.3, 0.4) is 0 Å². The van der Waals surface area contributed by atoms with E-state index >= 15 is 0 Å². The molecule has 2 heterocycles. The van der Waals surface area contributed by atoms with E-state index in [0.717, 1.165) is 23.9 Å². The molecule has 1 aromatic heterocycles. The van der Waals surface area contributed by atoms with E-state index in [1.165, 1.54) is 6.42 Å². The third-order valence-corrected chi connectivity index (χ3v) is 4.77. The van der Waals surface area contributed by atoms with Crippen molar-refractivity contribution in [1.82, 2.24) is 4.98 Å². The topological polar surface area (TPSA) is 42.4 Å².